The van der Waals surface area contributed by atoms with E-state index in [0.29, 0.717) is 6.42 Å². The highest BCUT2D eigenvalue weighted by molar-refractivity contribution is 5.77. The highest BCUT2D eigenvalue weighted by Crippen LogP contribution is 2.18. The van der Waals surface area contributed by atoms with Gasteiger partial charge in [-0.05, 0) is 19.3 Å². The molecular weight excluding hydrogens is 200 g/mol. The summed E-state index contributed by atoms with van der Waals surface area (Å²) in [5.74, 6) is 0.181. The highest BCUT2D eigenvalue weighted by atomic mass is 16.2. The fourth-order valence-electron chi connectivity index (χ4n) is 2.22. The van der Waals surface area contributed by atoms with Crippen molar-refractivity contribution in [2.24, 2.45) is 0 Å². The maximum atomic E-state index is 11.8. The van der Waals surface area contributed by atoms with E-state index in [4.69, 9.17) is 5.26 Å². The Morgan fingerprint density at radius 1 is 1.38 bits per heavy atom. The molecule has 1 fully saturated rings. The van der Waals surface area contributed by atoms with Crippen LogP contribution in [-0.4, -0.2) is 23.4 Å². The van der Waals surface area contributed by atoms with Crippen molar-refractivity contribution in [1.82, 2.24) is 4.90 Å². The summed E-state index contributed by atoms with van der Waals surface area (Å²) in [6.45, 7) is 2.97. The van der Waals surface area contributed by atoms with Crippen molar-refractivity contribution >= 4 is 5.91 Å². The lowest BCUT2D eigenvalue weighted by atomic mass is 10.1. The Kier molecular flexibility index (Phi) is 5.92. The Morgan fingerprint density at radius 3 is 2.81 bits per heavy atom. The van der Waals surface area contributed by atoms with Crippen LogP contribution in [0.25, 0.3) is 0 Å². The van der Waals surface area contributed by atoms with Crippen molar-refractivity contribution in [3.63, 3.8) is 0 Å². The van der Waals surface area contributed by atoms with Gasteiger partial charge in [0.25, 0.3) is 0 Å². The molecule has 1 heterocycles. The molecule has 1 amide bonds. The van der Waals surface area contributed by atoms with E-state index in [1.807, 2.05) is 0 Å². The van der Waals surface area contributed by atoms with E-state index in [1.165, 1.54) is 19.3 Å². The van der Waals surface area contributed by atoms with Crippen LogP contribution < -0.4 is 0 Å². The smallest absolute Gasteiger partial charge is 0.223 e. The number of unbranched alkanes of at least 4 members (excludes halogenated alkanes) is 4. The second-order valence-electron chi connectivity index (χ2n) is 4.54. The second kappa shape index (κ2) is 7.27. The van der Waals surface area contributed by atoms with E-state index in [-0.39, 0.29) is 11.9 Å². The van der Waals surface area contributed by atoms with Gasteiger partial charge >= 0.3 is 0 Å². The maximum Gasteiger partial charge on any atom is 0.223 e. The molecule has 3 nitrogen and oxygen atoms in total. The SMILES string of the molecule is CCCCCCCC(=O)N1CCCC1C#N. The number of carbonyl (C=O) groups excluding carboxylic acids is 1. The Morgan fingerprint density at radius 2 is 2.12 bits per heavy atom. The number of nitrogens with zero attached hydrogens (tertiary/aromatic N) is 2. The predicted octanol–water partition coefficient (Wildman–Crippen LogP) is 2.86. The first-order valence-electron chi connectivity index (χ1n) is 6.48. The van der Waals surface area contributed by atoms with Gasteiger partial charge in [-0.25, -0.2) is 0 Å². The molecule has 1 unspecified atom stereocenters. The first kappa shape index (κ1) is 13.0. The fourth-order valence-corrected chi connectivity index (χ4v) is 2.22. The van der Waals surface area contributed by atoms with Crippen molar-refractivity contribution in [1.29, 1.82) is 5.26 Å². The number of rotatable bonds is 6. The standard InChI is InChI=1S/C13H22N2O/c1-2-3-4-5-6-9-13(16)15-10-7-8-12(15)11-14/h12H,2-10H2,1H3. The highest BCUT2D eigenvalue weighted by Gasteiger charge is 2.27. The summed E-state index contributed by atoms with van der Waals surface area (Å²) in [7, 11) is 0. The molecule has 1 saturated heterocycles. The molecule has 0 spiro atoms. The third-order valence-electron chi connectivity index (χ3n) is 3.22. The molecule has 0 aliphatic carbocycles. The van der Waals surface area contributed by atoms with Crippen LogP contribution in [0.1, 0.15) is 58.3 Å². The fraction of sp³-hybridized carbons (Fsp3) is 0.846. The van der Waals surface area contributed by atoms with E-state index in [1.54, 1.807) is 4.90 Å². The van der Waals surface area contributed by atoms with Crippen LogP contribution in [-0.2, 0) is 4.79 Å². The first-order chi connectivity index (χ1) is 7.79. The molecule has 0 N–H and O–H groups in total. The molecule has 3 heteroatoms. The summed E-state index contributed by atoms with van der Waals surface area (Å²) in [6, 6.07) is 2.06. The molecular formula is C13H22N2O. The molecule has 16 heavy (non-hydrogen) atoms. The molecule has 90 valence electrons. The van der Waals surface area contributed by atoms with Gasteiger partial charge in [-0.1, -0.05) is 32.6 Å². The lowest BCUT2D eigenvalue weighted by Crippen LogP contribution is -2.34. The summed E-state index contributed by atoms with van der Waals surface area (Å²) in [4.78, 5) is 13.6. The molecule has 0 aromatic heterocycles. The summed E-state index contributed by atoms with van der Waals surface area (Å²) >= 11 is 0. The first-order valence-corrected chi connectivity index (χ1v) is 6.48. The van der Waals surface area contributed by atoms with E-state index in [9.17, 15) is 4.79 Å². The minimum atomic E-state index is -0.150. The quantitative estimate of drug-likeness (QED) is 0.649. The Balaban J connectivity index is 2.17. The van der Waals surface area contributed by atoms with Gasteiger partial charge in [0.05, 0.1) is 6.07 Å². The van der Waals surface area contributed by atoms with Gasteiger partial charge in [-0.3, -0.25) is 4.79 Å². The van der Waals surface area contributed by atoms with Gasteiger partial charge in [0.15, 0.2) is 0 Å². The third kappa shape index (κ3) is 3.84. The molecule has 0 radical (unpaired) electrons. The molecule has 0 bridgehead atoms. The van der Waals surface area contributed by atoms with Gasteiger partial charge in [-0.2, -0.15) is 5.26 Å². The molecule has 0 aromatic carbocycles. The maximum absolute atomic E-state index is 11.8. The van der Waals surface area contributed by atoms with E-state index in [0.717, 1.165) is 32.2 Å². The number of amides is 1. The summed E-state index contributed by atoms with van der Waals surface area (Å²) in [6.07, 6.45) is 8.32. The number of likely N-dealkylation sites (tertiary alicyclic amines) is 1. The largest absolute Gasteiger partial charge is 0.327 e. The third-order valence-corrected chi connectivity index (χ3v) is 3.22. The van der Waals surface area contributed by atoms with Gasteiger partial charge < -0.3 is 4.90 Å². The zero-order valence-corrected chi connectivity index (χ0v) is 10.2. The Hall–Kier alpha value is -1.04. The lowest BCUT2D eigenvalue weighted by Gasteiger charge is -2.19. The Labute approximate surface area is 98.4 Å². The number of nitriles is 1. The van der Waals surface area contributed by atoms with Crippen LogP contribution in [0.4, 0.5) is 0 Å². The minimum Gasteiger partial charge on any atom is -0.327 e. The average Bonchev–Trinajstić information content (AvgIpc) is 2.76. The molecule has 1 rings (SSSR count). The summed E-state index contributed by atoms with van der Waals surface area (Å²) in [5, 5.41) is 8.88. The topological polar surface area (TPSA) is 44.1 Å². The summed E-state index contributed by atoms with van der Waals surface area (Å²) in [5.41, 5.74) is 0. The monoisotopic (exact) mass is 222 g/mol. The molecule has 0 saturated carbocycles. The van der Waals surface area contributed by atoms with Crippen molar-refractivity contribution in [3.8, 4) is 6.07 Å². The molecule has 1 aliphatic rings. The van der Waals surface area contributed by atoms with Crippen LogP contribution in [0.2, 0.25) is 0 Å². The van der Waals surface area contributed by atoms with Crippen LogP contribution in [0.5, 0.6) is 0 Å². The van der Waals surface area contributed by atoms with Crippen LogP contribution in [0.15, 0.2) is 0 Å². The van der Waals surface area contributed by atoms with Crippen LogP contribution in [0, 0.1) is 11.3 Å². The zero-order chi connectivity index (χ0) is 11.8. The normalized spacial score (nSPS) is 19.8. The van der Waals surface area contributed by atoms with E-state index < -0.39 is 0 Å². The number of hydrogen-bond donors (Lipinski definition) is 0. The van der Waals surface area contributed by atoms with Crippen molar-refractivity contribution < 1.29 is 4.79 Å². The summed E-state index contributed by atoms with van der Waals surface area (Å²) < 4.78 is 0. The second-order valence-corrected chi connectivity index (χ2v) is 4.54. The van der Waals surface area contributed by atoms with Crippen molar-refractivity contribution in [2.45, 2.75) is 64.3 Å². The van der Waals surface area contributed by atoms with Gasteiger partial charge in [-0.15, -0.1) is 0 Å². The average molecular weight is 222 g/mol. The molecule has 0 aromatic rings. The van der Waals surface area contributed by atoms with Crippen molar-refractivity contribution in [3.05, 3.63) is 0 Å². The van der Waals surface area contributed by atoms with Gasteiger partial charge in [0.1, 0.15) is 6.04 Å². The molecule has 1 aliphatic heterocycles. The van der Waals surface area contributed by atoms with Crippen LogP contribution in [0.3, 0.4) is 0 Å². The van der Waals surface area contributed by atoms with E-state index >= 15 is 0 Å². The van der Waals surface area contributed by atoms with Crippen LogP contribution >= 0.6 is 0 Å². The number of carbonyl (C=O) groups is 1. The van der Waals surface area contributed by atoms with Crippen molar-refractivity contribution in [2.75, 3.05) is 6.54 Å². The van der Waals surface area contributed by atoms with Gasteiger partial charge in [0.2, 0.25) is 5.91 Å². The lowest BCUT2D eigenvalue weighted by molar-refractivity contribution is -0.131. The Bertz CT molecular complexity index is 257. The van der Waals surface area contributed by atoms with Gasteiger partial charge in [0, 0.05) is 13.0 Å². The molecule has 1 atom stereocenters. The number of hydrogen-bond acceptors (Lipinski definition) is 2. The van der Waals surface area contributed by atoms with E-state index in [2.05, 4.69) is 13.0 Å². The zero-order valence-electron chi connectivity index (χ0n) is 10.2. The predicted molar refractivity (Wildman–Crippen MR) is 63.7 cm³/mol. The minimum absolute atomic E-state index is 0.150.